The maximum atomic E-state index is 5.78. The van der Waals surface area contributed by atoms with Gasteiger partial charge in [0.1, 0.15) is 5.60 Å². The van der Waals surface area contributed by atoms with Gasteiger partial charge in [-0.2, -0.15) is 0 Å². The summed E-state index contributed by atoms with van der Waals surface area (Å²) in [6.07, 6.45) is 1.16. The molecule has 0 aromatic carbocycles. The fraction of sp³-hybridized carbons (Fsp3) is 1.00. The molecule has 2 unspecified atom stereocenters. The smallest absolute Gasteiger partial charge is 0.106 e. The Kier molecular flexibility index (Phi) is 3.50. The van der Waals surface area contributed by atoms with E-state index in [1.807, 2.05) is 0 Å². The lowest BCUT2D eigenvalue weighted by Crippen LogP contribution is -2.56. The summed E-state index contributed by atoms with van der Waals surface area (Å²) in [7, 11) is 1.74. The van der Waals surface area contributed by atoms with Gasteiger partial charge in [0, 0.05) is 20.2 Å². The molecule has 1 N–H and O–H groups in total. The minimum atomic E-state index is -0.104. The molecule has 0 amide bonds. The lowest BCUT2D eigenvalue weighted by atomic mass is 9.93. The third-order valence-electron chi connectivity index (χ3n) is 2.79. The van der Waals surface area contributed by atoms with Gasteiger partial charge < -0.3 is 14.8 Å². The number of hydrogen-bond donors (Lipinski definition) is 1. The third kappa shape index (κ3) is 1.79. The molecule has 1 aliphatic rings. The van der Waals surface area contributed by atoms with Gasteiger partial charge in [0.15, 0.2) is 0 Å². The molecular weight excluding hydrogens is 154 g/mol. The fourth-order valence-corrected chi connectivity index (χ4v) is 1.67. The van der Waals surface area contributed by atoms with Gasteiger partial charge in [0.2, 0.25) is 0 Å². The SMILES string of the molecule is CCC1(C(C)OC)CNCCO1. The first-order valence-corrected chi connectivity index (χ1v) is 4.62. The van der Waals surface area contributed by atoms with Gasteiger partial charge in [-0.1, -0.05) is 6.92 Å². The molecular formula is C9H19NO2. The molecule has 1 saturated heterocycles. The fourth-order valence-electron chi connectivity index (χ4n) is 1.67. The van der Waals surface area contributed by atoms with Crippen LogP contribution in [-0.4, -0.2) is 38.5 Å². The van der Waals surface area contributed by atoms with Crippen molar-refractivity contribution in [2.24, 2.45) is 0 Å². The minimum Gasteiger partial charge on any atom is -0.379 e. The lowest BCUT2D eigenvalue weighted by Gasteiger charge is -2.40. The molecule has 1 rings (SSSR count). The van der Waals surface area contributed by atoms with Gasteiger partial charge in [0.25, 0.3) is 0 Å². The summed E-state index contributed by atoms with van der Waals surface area (Å²) in [5.74, 6) is 0. The van der Waals surface area contributed by atoms with Gasteiger partial charge in [-0.3, -0.25) is 0 Å². The van der Waals surface area contributed by atoms with Gasteiger partial charge in [0.05, 0.1) is 12.7 Å². The van der Waals surface area contributed by atoms with Gasteiger partial charge >= 0.3 is 0 Å². The highest BCUT2D eigenvalue weighted by Gasteiger charge is 2.37. The lowest BCUT2D eigenvalue weighted by molar-refractivity contribution is -0.143. The molecule has 0 spiro atoms. The largest absolute Gasteiger partial charge is 0.379 e. The molecule has 0 aliphatic carbocycles. The van der Waals surface area contributed by atoms with E-state index in [2.05, 4.69) is 19.2 Å². The highest BCUT2D eigenvalue weighted by atomic mass is 16.5. The van der Waals surface area contributed by atoms with E-state index in [1.54, 1.807) is 7.11 Å². The van der Waals surface area contributed by atoms with Crippen molar-refractivity contribution in [2.45, 2.75) is 32.0 Å². The topological polar surface area (TPSA) is 30.5 Å². The number of methoxy groups -OCH3 is 1. The predicted octanol–water partition coefficient (Wildman–Crippen LogP) is 0.790. The summed E-state index contributed by atoms with van der Waals surface area (Å²) < 4.78 is 11.1. The van der Waals surface area contributed by atoms with E-state index >= 15 is 0 Å². The standard InChI is InChI=1S/C9H19NO2/c1-4-9(8(2)11-3)7-10-5-6-12-9/h8,10H,4-7H2,1-3H3. The second-order valence-electron chi connectivity index (χ2n) is 3.32. The molecule has 1 aliphatic heterocycles. The molecule has 0 aromatic heterocycles. The van der Waals surface area contributed by atoms with Crippen LogP contribution in [0.25, 0.3) is 0 Å². The molecule has 0 radical (unpaired) electrons. The molecule has 1 heterocycles. The van der Waals surface area contributed by atoms with Crippen molar-refractivity contribution in [1.29, 1.82) is 0 Å². The average molecular weight is 173 g/mol. The van der Waals surface area contributed by atoms with E-state index < -0.39 is 0 Å². The summed E-state index contributed by atoms with van der Waals surface area (Å²) in [5, 5.41) is 3.34. The van der Waals surface area contributed by atoms with Crippen LogP contribution in [0.3, 0.4) is 0 Å². The Hall–Kier alpha value is -0.120. The highest BCUT2D eigenvalue weighted by molar-refractivity contribution is 4.90. The van der Waals surface area contributed by atoms with E-state index in [1.165, 1.54) is 0 Å². The van der Waals surface area contributed by atoms with Crippen molar-refractivity contribution in [3.05, 3.63) is 0 Å². The van der Waals surface area contributed by atoms with Crippen LogP contribution < -0.4 is 5.32 Å². The van der Waals surface area contributed by atoms with Gasteiger partial charge in [-0.05, 0) is 13.3 Å². The molecule has 0 saturated carbocycles. The Morgan fingerprint density at radius 1 is 1.67 bits per heavy atom. The first-order chi connectivity index (χ1) is 5.75. The molecule has 12 heavy (non-hydrogen) atoms. The van der Waals surface area contributed by atoms with Crippen LogP contribution in [0.2, 0.25) is 0 Å². The Balaban J connectivity index is 2.59. The van der Waals surface area contributed by atoms with E-state index in [-0.39, 0.29) is 11.7 Å². The van der Waals surface area contributed by atoms with Crippen molar-refractivity contribution in [1.82, 2.24) is 5.32 Å². The number of rotatable bonds is 3. The summed E-state index contributed by atoms with van der Waals surface area (Å²) in [6.45, 7) is 6.86. The minimum absolute atomic E-state index is 0.104. The summed E-state index contributed by atoms with van der Waals surface area (Å²) in [4.78, 5) is 0. The summed E-state index contributed by atoms with van der Waals surface area (Å²) in [6, 6.07) is 0. The van der Waals surface area contributed by atoms with Crippen molar-refractivity contribution < 1.29 is 9.47 Å². The second-order valence-corrected chi connectivity index (χ2v) is 3.32. The first-order valence-electron chi connectivity index (χ1n) is 4.62. The third-order valence-corrected chi connectivity index (χ3v) is 2.79. The molecule has 72 valence electrons. The predicted molar refractivity (Wildman–Crippen MR) is 48.3 cm³/mol. The van der Waals surface area contributed by atoms with Crippen LogP contribution in [0.5, 0.6) is 0 Å². The normalized spacial score (nSPS) is 33.2. The molecule has 3 nitrogen and oxygen atoms in total. The van der Waals surface area contributed by atoms with Crippen molar-refractivity contribution >= 4 is 0 Å². The first kappa shape index (κ1) is 9.96. The van der Waals surface area contributed by atoms with E-state index in [4.69, 9.17) is 9.47 Å². The van der Waals surface area contributed by atoms with Crippen LogP contribution in [0, 0.1) is 0 Å². The maximum Gasteiger partial charge on any atom is 0.106 e. The zero-order valence-corrected chi connectivity index (χ0v) is 8.22. The van der Waals surface area contributed by atoms with Crippen LogP contribution in [0.4, 0.5) is 0 Å². The molecule has 0 bridgehead atoms. The van der Waals surface area contributed by atoms with Crippen LogP contribution >= 0.6 is 0 Å². The Labute approximate surface area is 74.4 Å². The Bertz CT molecular complexity index is 132. The molecule has 1 fully saturated rings. The number of nitrogens with one attached hydrogen (secondary N) is 1. The second kappa shape index (κ2) is 4.21. The molecule has 0 aromatic rings. The number of morpholine rings is 1. The Morgan fingerprint density at radius 3 is 2.83 bits per heavy atom. The highest BCUT2D eigenvalue weighted by Crippen LogP contribution is 2.23. The van der Waals surface area contributed by atoms with Crippen LogP contribution in [0.1, 0.15) is 20.3 Å². The van der Waals surface area contributed by atoms with Crippen LogP contribution in [0.15, 0.2) is 0 Å². The van der Waals surface area contributed by atoms with Gasteiger partial charge in [-0.15, -0.1) is 0 Å². The van der Waals surface area contributed by atoms with E-state index in [0.717, 1.165) is 26.1 Å². The molecule has 3 heteroatoms. The maximum absolute atomic E-state index is 5.78. The van der Waals surface area contributed by atoms with Crippen molar-refractivity contribution in [3.8, 4) is 0 Å². The van der Waals surface area contributed by atoms with Crippen molar-refractivity contribution in [2.75, 3.05) is 26.8 Å². The van der Waals surface area contributed by atoms with Crippen molar-refractivity contribution in [3.63, 3.8) is 0 Å². The average Bonchev–Trinajstić information content (AvgIpc) is 2.17. The van der Waals surface area contributed by atoms with Crippen LogP contribution in [-0.2, 0) is 9.47 Å². The zero-order chi connectivity index (χ0) is 9.03. The quantitative estimate of drug-likeness (QED) is 0.684. The van der Waals surface area contributed by atoms with E-state index in [9.17, 15) is 0 Å². The monoisotopic (exact) mass is 173 g/mol. The number of hydrogen-bond acceptors (Lipinski definition) is 3. The zero-order valence-electron chi connectivity index (χ0n) is 8.22. The summed E-state index contributed by atoms with van der Waals surface area (Å²) in [5.41, 5.74) is -0.104. The Morgan fingerprint density at radius 2 is 2.42 bits per heavy atom. The summed E-state index contributed by atoms with van der Waals surface area (Å²) >= 11 is 0. The number of ether oxygens (including phenoxy) is 2. The van der Waals surface area contributed by atoms with E-state index in [0.29, 0.717) is 0 Å². The van der Waals surface area contributed by atoms with Gasteiger partial charge in [-0.25, -0.2) is 0 Å². The molecule has 2 atom stereocenters.